The molecule has 0 radical (unpaired) electrons. The molecule has 5 heteroatoms. The second-order valence-corrected chi connectivity index (χ2v) is 5.43. The third-order valence-electron chi connectivity index (χ3n) is 3.13. The van der Waals surface area contributed by atoms with Crippen LogP contribution >= 0.6 is 11.3 Å². The molecule has 0 spiro atoms. The zero-order valence-corrected chi connectivity index (χ0v) is 11.8. The van der Waals surface area contributed by atoms with Crippen molar-refractivity contribution >= 4 is 11.3 Å². The van der Waals surface area contributed by atoms with Gasteiger partial charge in [-0.05, 0) is 29.8 Å². The lowest BCUT2D eigenvalue weighted by Gasteiger charge is -2.00. The average molecular weight is 302 g/mol. The largest absolute Gasteiger partial charge is 0.326 e. The van der Waals surface area contributed by atoms with Crippen LogP contribution in [0, 0.1) is 11.6 Å². The molecule has 1 heterocycles. The Hall–Kier alpha value is -2.11. The standard InChI is InChI=1S/C16H12F2N2S/c17-13-5-4-12(7-14(13)18)16-20-15(9-21-16)11-3-1-2-10(6-11)8-19/h1-7,9H,8,19H2. The van der Waals surface area contributed by atoms with E-state index in [1.54, 1.807) is 0 Å². The first-order valence-corrected chi connectivity index (χ1v) is 7.25. The summed E-state index contributed by atoms with van der Waals surface area (Å²) in [6.45, 7) is 0.466. The summed E-state index contributed by atoms with van der Waals surface area (Å²) in [7, 11) is 0. The summed E-state index contributed by atoms with van der Waals surface area (Å²) >= 11 is 1.39. The Balaban J connectivity index is 1.97. The van der Waals surface area contributed by atoms with Crippen molar-refractivity contribution < 1.29 is 8.78 Å². The Bertz CT molecular complexity index is 783. The first kappa shape index (κ1) is 13.9. The van der Waals surface area contributed by atoms with E-state index in [4.69, 9.17) is 5.73 Å². The van der Waals surface area contributed by atoms with E-state index in [2.05, 4.69) is 4.98 Å². The molecule has 0 amide bonds. The first-order valence-electron chi connectivity index (χ1n) is 6.37. The van der Waals surface area contributed by atoms with E-state index < -0.39 is 11.6 Å². The lowest BCUT2D eigenvalue weighted by Crippen LogP contribution is -1.95. The van der Waals surface area contributed by atoms with E-state index >= 15 is 0 Å². The van der Waals surface area contributed by atoms with Gasteiger partial charge < -0.3 is 5.73 Å². The van der Waals surface area contributed by atoms with Crippen LogP contribution in [0.1, 0.15) is 5.56 Å². The molecule has 0 aliphatic heterocycles. The van der Waals surface area contributed by atoms with Gasteiger partial charge in [0, 0.05) is 23.1 Å². The summed E-state index contributed by atoms with van der Waals surface area (Å²) in [4.78, 5) is 4.49. The SMILES string of the molecule is NCc1cccc(-c2csc(-c3ccc(F)c(F)c3)n2)c1. The summed E-state index contributed by atoms with van der Waals surface area (Å²) in [5.41, 5.74) is 8.98. The van der Waals surface area contributed by atoms with E-state index in [0.717, 1.165) is 29.0 Å². The molecule has 2 nitrogen and oxygen atoms in total. The Labute approximate surface area is 124 Å². The predicted octanol–water partition coefficient (Wildman–Crippen LogP) is 4.21. The molecule has 0 aliphatic carbocycles. The van der Waals surface area contributed by atoms with Gasteiger partial charge in [0.05, 0.1) is 5.69 Å². The molecule has 0 saturated carbocycles. The van der Waals surface area contributed by atoms with Crippen LogP contribution in [0.4, 0.5) is 8.78 Å². The number of rotatable bonds is 3. The maximum Gasteiger partial charge on any atom is 0.159 e. The van der Waals surface area contributed by atoms with Gasteiger partial charge in [0.25, 0.3) is 0 Å². The van der Waals surface area contributed by atoms with Gasteiger partial charge in [0.15, 0.2) is 11.6 Å². The molecule has 1 aromatic heterocycles. The number of nitrogens with zero attached hydrogens (tertiary/aromatic N) is 1. The Morgan fingerprint density at radius 1 is 1.00 bits per heavy atom. The van der Waals surface area contributed by atoms with Gasteiger partial charge in [0.1, 0.15) is 5.01 Å². The molecular formula is C16H12F2N2S. The lowest BCUT2D eigenvalue weighted by atomic mass is 10.1. The van der Waals surface area contributed by atoms with Crippen LogP contribution in [0.2, 0.25) is 0 Å². The smallest absolute Gasteiger partial charge is 0.159 e. The Morgan fingerprint density at radius 2 is 1.86 bits per heavy atom. The summed E-state index contributed by atoms with van der Waals surface area (Å²) in [6.07, 6.45) is 0. The minimum atomic E-state index is -0.866. The molecule has 0 saturated heterocycles. The highest BCUT2D eigenvalue weighted by Crippen LogP contribution is 2.29. The van der Waals surface area contributed by atoms with Gasteiger partial charge in [-0.1, -0.05) is 18.2 Å². The zero-order chi connectivity index (χ0) is 14.8. The normalized spacial score (nSPS) is 10.8. The number of hydrogen-bond acceptors (Lipinski definition) is 3. The highest BCUT2D eigenvalue weighted by atomic mass is 32.1. The third-order valence-corrected chi connectivity index (χ3v) is 4.02. The van der Waals surface area contributed by atoms with Crippen molar-refractivity contribution in [3.63, 3.8) is 0 Å². The quantitative estimate of drug-likeness (QED) is 0.787. The number of benzene rings is 2. The van der Waals surface area contributed by atoms with E-state index in [1.165, 1.54) is 17.4 Å². The maximum absolute atomic E-state index is 13.3. The Kier molecular flexibility index (Phi) is 3.77. The number of hydrogen-bond donors (Lipinski definition) is 1. The molecule has 0 bridgehead atoms. The number of halogens is 2. The maximum atomic E-state index is 13.3. The molecule has 3 rings (SSSR count). The van der Waals surface area contributed by atoms with Crippen molar-refractivity contribution in [2.75, 3.05) is 0 Å². The third kappa shape index (κ3) is 2.84. The average Bonchev–Trinajstić information content (AvgIpc) is 3.00. The van der Waals surface area contributed by atoms with Gasteiger partial charge >= 0.3 is 0 Å². The molecule has 106 valence electrons. The van der Waals surface area contributed by atoms with E-state index in [9.17, 15) is 8.78 Å². The van der Waals surface area contributed by atoms with Crippen LogP contribution in [-0.2, 0) is 6.54 Å². The fraction of sp³-hybridized carbons (Fsp3) is 0.0625. The van der Waals surface area contributed by atoms with E-state index in [0.29, 0.717) is 17.1 Å². The van der Waals surface area contributed by atoms with Crippen LogP contribution in [-0.4, -0.2) is 4.98 Å². The molecule has 2 N–H and O–H groups in total. The van der Waals surface area contributed by atoms with Crippen molar-refractivity contribution in [1.82, 2.24) is 4.98 Å². The van der Waals surface area contributed by atoms with Crippen molar-refractivity contribution in [3.05, 3.63) is 65.0 Å². The van der Waals surface area contributed by atoms with Gasteiger partial charge in [-0.25, -0.2) is 13.8 Å². The molecule has 3 aromatic rings. The second-order valence-electron chi connectivity index (χ2n) is 4.57. The second kappa shape index (κ2) is 5.71. The molecule has 2 aromatic carbocycles. The highest BCUT2D eigenvalue weighted by molar-refractivity contribution is 7.13. The minimum Gasteiger partial charge on any atom is -0.326 e. The van der Waals surface area contributed by atoms with Crippen LogP contribution in [0.5, 0.6) is 0 Å². The summed E-state index contributed by atoms with van der Waals surface area (Å²) in [6, 6.07) is 11.6. The number of thiazole rings is 1. The minimum absolute atomic E-state index is 0.466. The van der Waals surface area contributed by atoms with Crippen LogP contribution in [0.25, 0.3) is 21.8 Å². The van der Waals surface area contributed by atoms with Crippen molar-refractivity contribution in [2.45, 2.75) is 6.54 Å². The monoisotopic (exact) mass is 302 g/mol. The van der Waals surface area contributed by atoms with E-state index in [-0.39, 0.29) is 0 Å². The molecule has 0 fully saturated rings. The molecule has 0 unspecified atom stereocenters. The molecule has 0 atom stereocenters. The van der Waals surface area contributed by atoms with Crippen LogP contribution in [0.15, 0.2) is 47.8 Å². The van der Waals surface area contributed by atoms with Crippen LogP contribution in [0.3, 0.4) is 0 Å². The van der Waals surface area contributed by atoms with Crippen molar-refractivity contribution in [3.8, 4) is 21.8 Å². The lowest BCUT2D eigenvalue weighted by molar-refractivity contribution is 0.509. The molecule has 0 aliphatic rings. The van der Waals surface area contributed by atoms with Gasteiger partial charge in [-0.15, -0.1) is 11.3 Å². The van der Waals surface area contributed by atoms with Crippen molar-refractivity contribution in [2.24, 2.45) is 5.73 Å². The van der Waals surface area contributed by atoms with Crippen LogP contribution < -0.4 is 5.73 Å². The fourth-order valence-electron chi connectivity index (χ4n) is 2.03. The summed E-state index contributed by atoms with van der Waals surface area (Å²) < 4.78 is 26.2. The summed E-state index contributed by atoms with van der Waals surface area (Å²) in [5.74, 6) is -1.72. The van der Waals surface area contributed by atoms with Gasteiger partial charge in [-0.3, -0.25) is 0 Å². The van der Waals surface area contributed by atoms with Gasteiger partial charge in [0.2, 0.25) is 0 Å². The fourth-order valence-corrected chi connectivity index (χ4v) is 2.85. The van der Waals surface area contributed by atoms with Gasteiger partial charge in [-0.2, -0.15) is 0 Å². The topological polar surface area (TPSA) is 38.9 Å². The Morgan fingerprint density at radius 3 is 2.62 bits per heavy atom. The first-order chi connectivity index (χ1) is 10.2. The highest BCUT2D eigenvalue weighted by Gasteiger charge is 2.09. The number of aromatic nitrogens is 1. The van der Waals surface area contributed by atoms with Crippen molar-refractivity contribution in [1.29, 1.82) is 0 Å². The predicted molar refractivity (Wildman–Crippen MR) is 80.8 cm³/mol. The summed E-state index contributed by atoms with van der Waals surface area (Å²) in [5, 5.41) is 2.55. The number of nitrogens with two attached hydrogens (primary N) is 1. The zero-order valence-electron chi connectivity index (χ0n) is 11.0. The molecule has 21 heavy (non-hydrogen) atoms. The van der Waals surface area contributed by atoms with E-state index in [1.807, 2.05) is 29.6 Å². The molecular weight excluding hydrogens is 290 g/mol.